The van der Waals surface area contributed by atoms with Crippen LogP contribution in [0.15, 0.2) is 0 Å². The summed E-state index contributed by atoms with van der Waals surface area (Å²) in [5, 5.41) is 27.9. The number of carbonyl (C=O) groups is 2. The molecule has 0 aromatic carbocycles. The van der Waals surface area contributed by atoms with Gasteiger partial charge in [0.2, 0.25) is 0 Å². The van der Waals surface area contributed by atoms with Crippen molar-refractivity contribution in [1.29, 1.82) is 0 Å². The quantitative estimate of drug-likeness (QED) is 0.335. The Morgan fingerprint density at radius 2 is 0.538 bits per heavy atom. The van der Waals surface area contributed by atoms with Gasteiger partial charge in [-0.25, -0.2) is 9.59 Å². The van der Waals surface area contributed by atoms with Crippen molar-refractivity contribution in [3.05, 3.63) is 0 Å². The Hall–Kier alpha value is 4.84. The van der Waals surface area contributed by atoms with Crippen LogP contribution in [0.5, 0.6) is 0 Å². The van der Waals surface area contributed by atoms with Crippen molar-refractivity contribution in [2.75, 3.05) is 0 Å². The molecule has 0 saturated carbocycles. The SMILES string of the molecule is O=C(O)O.O=C(O)O.[CaH2].[CaH2].[CaH2].[CaH2].[CaH2]. The molecule has 0 spiro atoms. The van der Waals surface area contributed by atoms with E-state index in [1.165, 1.54) is 0 Å². The molecular formula is C2H14Ca5O6. The summed E-state index contributed by atoms with van der Waals surface area (Å²) >= 11 is 0. The number of hydrogen-bond acceptors (Lipinski definition) is 2. The summed E-state index contributed by atoms with van der Waals surface area (Å²) in [6, 6.07) is 0. The van der Waals surface area contributed by atoms with Gasteiger partial charge in [0.25, 0.3) is 0 Å². The van der Waals surface area contributed by atoms with Crippen LogP contribution in [0.2, 0.25) is 0 Å². The fraction of sp³-hybridized carbons (Fsp3) is 0. The molecule has 0 bridgehead atoms. The minimum atomic E-state index is -1.83. The molecule has 0 aliphatic rings. The number of rotatable bonds is 0. The molecule has 0 aromatic heterocycles. The average Bonchev–Trinajstić information content (AvgIpc) is 1.25. The molecule has 0 aliphatic heterocycles. The van der Waals surface area contributed by atoms with Crippen LogP contribution in [0, 0.1) is 0 Å². The summed E-state index contributed by atoms with van der Waals surface area (Å²) in [5.74, 6) is 0. The fourth-order valence-corrected chi connectivity index (χ4v) is 0. The van der Waals surface area contributed by atoms with Crippen molar-refractivity contribution in [3.8, 4) is 0 Å². The third-order valence-corrected chi connectivity index (χ3v) is 0. The monoisotopic (exact) mass is 334 g/mol. The zero-order chi connectivity index (χ0) is 7.15. The summed E-state index contributed by atoms with van der Waals surface area (Å²) in [4.78, 5) is 17.1. The second kappa shape index (κ2) is 36.0. The first-order chi connectivity index (χ1) is 3.46. The van der Waals surface area contributed by atoms with E-state index in [0.717, 1.165) is 0 Å². The molecule has 0 saturated heterocycles. The third kappa shape index (κ3) is 158. The van der Waals surface area contributed by atoms with E-state index in [4.69, 9.17) is 30.0 Å². The normalized spacial score (nSPS) is 3.69. The maximum atomic E-state index is 8.56. The molecule has 0 heterocycles. The molecule has 0 aliphatic carbocycles. The van der Waals surface area contributed by atoms with Crippen LogP contribution >= 0.6 is 0 Å². The molecule has 13 heavy (non-hydrogen) atoms. The Balaban J connectivity index is -0.00000000800. The Kier molecular flexibility index (Phi) is 119. The van der Waals surface area contributed by atoms with Crippen LogP contribution in [-0.4, -0.2) is 221 Å². The molecule has 0 rings (SSSR count). The van der Waals surface area contributed by atoms with E-state index in [-0.39, 0.29) is 189 Å². The molecule has 6 nitrogen and oxygen atoms in total. The van der Waals surface area contributed by atoms with Gasteiger partial charge in [0.15, 0.2) is 0 Å². The summed E-state index contributed by atoms with van der Waals surface area (Å²) in [5.41, 5.74) is 0. The first kappa shape index (κ1) is 43.1. The van der Waals surface area contributed by atoms with Crippen LogP contribution in [0.3, 0.4) is 0 Å². The minimum absolute atomic E-state index is 0. The third-order valence-electron chi connectivity index (χ3n) is 0. The summed E-state index contributed by atoms with van der Waals surface area (Å²) in [7, 11) is 0. The molecule has 0 atom stereocenters. The summed E-state index contributed by atoms with van der Waals surface area (Å²) in [6.45, 7) is 0. The first-order valence-electron chi connectivity index (χ1n) is 1.30. The molecule has 0 amide bonds. The molecule has 0 unspecified atom stereocenters. The van der Waals surface area contributed by atoms with Gasteiger partial charge in [-0.1, -0.05) is 0 Å². The fourth-order valence-electron chi connectivity index (χ4n) is 0. The standard InChI is InChI=1S/2CH2O3.5Ca.10H/c2*2-1(3)4;;;;;;;;;;;;;;;/h2*(H2,2,3,4);;;;;;;;;;;;;;;. The van der Waals surface area contributed by atoms with E-state index in [2.05, 4.69) is 0 Å². The van der Waals surface area contributed by atoms with Crippen molar-refractivity contribution in [2.45, 2.75) is 0 Å². The van der Waals surface area contributed by atoms with Gasteiger partial charge in [-0.2, -0.15) is 0 Å². The van der Waals surface area contributed by atoms with Gasteiger partial charge in [0, 0.05) is 0 Å². The van der Waals surface area contributed by atoms with Crippen molar-refractivity contribution in [1.82, 2.24) is 0 Å². The molecule has 0 aromatic rings. The topological polar surface area (TPSA) is 115 Å². The van der Waals surface area contributed by atoms with Gasteiger partial charge in [0.1, 0.15) is 0 Å². The van der Waals surface area contributed by atoms with Gasteiger partial charge in [0.05, 0.1) is 0 Å². The number of carboxylic acid groups (broad SMARTS) is 4. The van der Waals surface area contributed by atoms with Crippen LogP contribution in [-0.2, 0) is 0 Å². The maximum absolute atomic E-state index is 8.56. The number of hydrogen-bond donors (Lipinski definition) is 4. The predicted octanol–water partition coefficient (Wildman–Crippen LogP) is -4.14. The van der Waals surface area contributed by atoms with Gasteiger partial charge in [-0.05, 0) is 0 Å². The van der Waals surface area contributed by atoms with Crippen LogP contribution in [0.1, 0.15) is 0 Å². The Morgan fingerprint density at radius 3 is 0.538 bits per heavy atom. The van der Waals surface area contributed by atoms with E-state index in [9.17, 15) is 0 Å². The Morgan fingerprint density at radius 1 is 0.538 bits per heavy atom. The Bertz CT molecular complexity index is 77.0. The molecule has 11 heteroatoms. The van der Waals surface area contributed by atoms with Crippen molar-refractivity contribution in [2.24, 2.45) is 0 Å². The van der Waals surface area contributed by atoms with Crippen LogP contribution < -0.4 is 0 Å². The van der Waals surface area contributed by atoms with Gasteiger partial charge in [-0.3, -0.25) is 0 Å². The zero-order valence-electron chi connectivity index (χ0n) is 3.61. The molecule has 4 N–H and O–H groups in total. The zero-order valence-corrected chi connectivity index (χ0v) is 3.61. The van der Waals surface area contributed by atoms with Crippen molar-refractivity contribution >= 4 is 201 Å². The second-order valence-electron chi connectivity index (χ2n) is 0.565. The van der Waals surface area contributed by atoms with Crippen LogP contribution in [0.4, 0.5) is 9.59 Å². The predicted molar refractivity (Wildman–Crippen MR) is 64.0 cm³/mol. The molecular weight excluding hydrogens is 320 g/mol. The average molecular weight is 335 g/mol. The second-order valence-corrected chi connectivity index (χ2v) is 0.565. The summed E-state index contributed by atoms with van der Waals surface area (Å²) in [6.07, 6.45) is -3.67. The Labute approximate surface area is 224 Å². The van der Waals surface area contributed by atoms with Gasteiger partial charge < -0.3 is 20.4 Å². The van der Waals surface area contributed by atoms with E-state index in [1.54, 1.807) is 0 Å². The molecule has 68 valence electrons. The van der Waals surface area contributed by atoms with Gasteiger partial charge >= 0.3 is 201 Å². The van der Waals surface area contributed by atoms with E-state index in [0.29, 0.717) is 0 Å². The first-order valence-corrected chi connectivity index (χ1v) is 1.30. The van der Waals surface area contributed by atoms with E-state index >= 15 is 0 Å². The van der Waals surface area contributed by atoms with Crippen LogP contribution in [0.25, 0.3) is 0 Å². The molecule has 0 fully saturated rings. The van der Waals surface area contributed by atoms with Crippen molar-refractivity contribution in [3.63, 3.8) is 0 Å². The van der Waals surface area contributed by atoms with Gasteiger partial charge in [-0.15, -0.1) is 0 Å². The summed E-state index contributed by atoms with van der Waals surface area (Å²) < 4.78 is 0. The van der Waals surface area contributed by atoms with E-state index in [1.807, 2.05) is 0 Å². The molecule has 0 radical (unpaired) electrons. The van der Waals surface area contributed by atoms with E-state index < -0.39 is 12.3 Å². The van der Waals surface area contributed by atoms with Crippen molar-refractivity contribution < 1.29 is 30.0 Å².